The normalized spacial score (nSPS) is 10.4. The molecular formula is C18H19O2S+. The quantitative estimate of drug-likeness (QED) is 0.460. The second kappa shape index (κ2) is 7.70. The molecule has 3 heteroatoms. The SMILES string of the molecule is C=C(C)C(=O)OCC[S+](c1ccccc1)c1ccccc1. The number of ether oxygens (including phenoxy) is 1. The first-order valence-electron chi connectivity index (χ1n) is 6.82. The Kier molecular flexibility index (Phi) is 5.64. The molecule has 0 amide bonds. The molecule has 0 aliphatic heterocycles. The molecule has 0 unspecified atom stereocenters. The van der Waals surface area contributed by atoms with Crippen LogP contribution in [-0.2, 0) is 20.4 Å². The first-order valence-corrected chi connectivity index (χ1v) is 8.21. The third-order valence-corrected chi connectivity index (χ3v) is 5.18. The van der Waals surface area contributed by atoms with Gasteiger partial charge in [0.05, 0.1) is 10.9 Å². The molecule has 0 radical (unpaired) electrons. The van der Waals surface area contributed by atoms with Gasteiger partial charge in [-0.1, -0.05) is 43.0 Å². The maximum absolute atomic E-state index is 11.5. The van der Waals surface area contributed by atoms with Gasteiger partial charge in [-0.15, -0.1) is 0 Å². The van der Waals surface area contributed by atoms with Crippen molar-refractivity contribution < 1.29 is 9.53 Å². The first-order chi connectivity index (χ1) is 10.2. The molecule has 0 aromatic heterocycles. The highest BCUT2D eigenvalue weighted by molar-refractivity contribution is 7.97. The van der Waals surface area contributed by atoms with Crippen LogP contribution in [0.3, 0.4) is 0 Å². The van der Waals surface area contributed by atoms with Crippen molar-refractivity contribution in [1.82, 2.24) is 0 Å². The van der Waals surface area contributed by atoms with Crippen LogP contribution in [0.2, 0.25) is 0 Å². The van der Waals surface area contributed by atoms with Crippen molar-refractivity contribution in [3.8, 4) is 0 Å². The van der Waals surface area contributed by atoms with Crippen LogP contribution in [-0.4, -0.2) is 18.3 Å². The number of hydrogen-bond acceptors (Lipinski definition) is 2. The number of hydrogen-bond donors (Lipinski definition) is 0. The van der Waals surface area contributed by atoms with Crippen LogP contribution in [0.25, 0.3) is 0 Å². The molecule has 21 heavy (non-hydrogen) atoms. The highest BCUT2D eigenvalue weighted by atomic mass is 32.2. The first kappa shape index (κ1) is 15.4. The summed E-state index contributed by atoms with van der Waals surface area (Å²) in [4.78, 5) is 14.0. The second-order valence-corrected chi connectivity index (χ2v) is 6.77. The monoisotopic (exact) mass is 299 g/mol. The molecule has 2 aromatic rings. The van der Waals surface area contributed by atoms with E-state index < -0.39 is 0 Å². The molecule has 0 bridgehead atoms. The molecule has 0 aliphatic carbocycles. The average molecular weight is 299 g/mol. The molecule has 0 heterocycles. The third-order valence-electron chi connectivity index (χ3n) is 2.92. The van der Waals surface area contributed by atoms with E-state index in [1.807, 2.05) is 36.4 Å². The number of benzene rings is 2. The Morgan fingerprint density at radius 3 is 1.90 bits per heavy atom. The predicted molar refractivity (Wildman–Crippen MR) is 87.4 cm³/mol. The van der Waals surface area contributed by atoms with E-state index in [4.69, 9.17) is 4.74 Å². The van der Waals surface area contributed by atoms with Gasteiger partial charge < -0.3 is 4.74 Å². The van der Waals surface area contributed by atoms with E-state index in [9.17, 15) is 4.79 Å². The summed E-state index contributed by atoms with van der Waals surface area (Å²) in [7, 11) is -0.0878. The summed E-state index contributed by atoms with van der Waals surface area (Å²) in [5, 5.41) is 0. The Hall–Kier alpha value is -2.00. The molecular weight excluding hydrogens is 280 g/mol. The van der Waals surface area contributed by atoms with Gasteiger partial charge in [0.2, 0.25) is 0 Å². The van der Waals surface area contributed by atoms with Gasteiger partial charge in [0.15, 0.2) is 15.5 Å². The maximum Gasteiger partial charge on any atom is 0.333 e. The van der Waals surface area contributed by atoms with E-state index in [1.54, 1.807) is 6.92 Å². The molecule has 0 N–H and O–H groups in total. The van der Waals surface area contributed by atoms with Gasteiger partial charge in [0.1, 0.15) is 6.61 Å². The van der Waals surface area contributed by atoms with Gasteiger partial charge in [0, 0.05) is 5.57 Å². The molecule has 0 aliphatic rings. The summed E-state index contributed by atoms with van der Waals surface area (Å²) in [6.45, 7) is 5.66. The summed E-state index contributed by atoms with van der Waals surface area (Å²) in [5.74, 6) is 0.465. The highest BCUT2D eigenvalue weighted by Gasteiger charge is 2.25. The van der Waals surface area contributed by atoms with Crippen LogP contribution in [0.5, 0.6) is 0 Å². The second-order valence-electron chi connectivity index (χ2n) is 4.64. The third kappa shape index (κ3) is 4.50. The molecule has 0 saturated heterocycles. The lowest BCUT2D eigenvalue weighted by atomic mass is 10.4. The molecule has 2 nitrogen and oxygen atoms in total. The summed E-state index contributed by atoms with van der Waals surface area (Å²) < 4.78 is 5.25. The van der Waals surface area contributed by atoms with E-state index in [1.165, 1.54) is 9.79 Å². The minimum Gasteiger partial charge on any atom is -0.457 e. The van der Waals surface area contributed by atoms with Crippen LogP contribution >= 0.6 is 0 Å². The zero-order valence-electron chi connectivity index (χ0n) is 12.1. The average Bonchev–Trinajstić information content (AvgIpc) is 2.53. The van der Waals surface area contributed by atoms with Crippen LogP contribution in [0, 0.1) is 0 Å². The largest absolute Gasteiger partial charge is 0.457 e. The standard InChI is InChI=1S/C18H19O2S/c1-15(2)18(19)20-13-14-21(16-9-5-3-6-10-16)17-11-7-4-8-12-17/h3-12H,1,13-14H2,2H3/q+1. The van der Waals surface area contributed by atoms with E-state index in [2.05, 4.69) is 30.8 Å². The Morgan fingerprint density at radius 2 is 1.48 bits per heavy atom. The Balaban J connectivity index is 2.10. The van der Waals surface area contributed by atoms with E-state index in [0.29, 0.717) is 12.2 Å². The zero-order chi connectivity index (χ0) is 15.1. The van der Waals surface area contributed by atoms with Gasteiger partial charge >= 0.3 is 5.97 Å². The van der Waals surface area contributed by atoms with Crippen molar-refractivity contribution in [2.75, 3.05) is 12.4 Å². The Morgan fingerprint density at radius 1 is 1.00 bits per heavy atom. The lowest BCUT2D eigenvalue weighted by Gasteiger charge is -2.09. The van der Waals surface area contributed by atoms with Crippen LogP contribution in [0.1, 0.15) is 6.92 Å². The molecule has 2 aromatic carbocycles. The number of carbonyl (C=O) groups is 1. The fraction of sp³-hybridized carbons (Fsp3) is 0.167. The van der Waals surface area contributed by atoms with Crippen molar-refractivity contribution in [3.05, 3.63) is 72.8 Å². The fourth-order valence-corrected chi connectivity index (χ4v) is 3.85. The molecule has 0 spiro atoms. The highest BCUT2D eigenvalue weighted by Crippen LogP contribution is 2.23. The number of rotatable bonds is 6. The van der Waals surface area contributed by atoms with Crippen LogP contribution in [0.4, 0.5) is 0 Å². The van der Waals surface area contributed by atoms with E-state index in [0.717, 1.165) is 5.75 Å². The van der Waals surface area contributed by atoms with Gasteiger partial charge in [-0.25, -0.2) is 4.79 Å². The Bertz CT molecular complexity index is 554. The summed E-state index contributed by atoms with van der Waals surface area (Å²) >= 11 is 0. The van der Waals surface area contributed by atoms with Crippen molar-refractivity contribution in [2.45, 2.75) is 16.7 Å². The van der Waals surface area contributed by atoms with Crippen molar-refractivity contribution in [2.24, 2.45) is 0 Å². The molecule has 0 atom stereocenters. The van der Waals surface area contributed by atoms with E-state index in [-0.39, 0.29) is 16.9 Å². The van der Waals surface area contributed by atoms with E-state index >= 15 is 0 Å². The van der Waals surface area contributed by atoms with Crippen molar-refractivity contribution >= 4 is 16.9 Å². The van der Waals surface area contributed by atoms with Crippen LogP contribution < -0.4 is 0 Å². The number of esters is 1. The van der Waals surface area contributed by atoms with Crippen molar-refractivity contribution in [1.29, 1.82) is 0 Å². The smallest absolute Gasteiger partial charge is 0.333 e. The maximum atomic E-state index is 11.5. The zero-order valence-corrected chi connectivity index (χ0v) is 12.9. The summed E-state index contributed by atoms with van der Waals surface area (Å²) in [5.41, 5.74) is 0.439. The summed E-state index contributed by atoms with van der Waals surface area (Å²) in [6, 6.07) is 20.7. The molecule has 2 rings (SSSR count). The number of carbonyl (C=O) groups excluding carboxylic acids is 1. The summed E-state index contributed by atoms with van der Waals surface area (Å²) in [6.07, 6.45) is 0. The van der Waals surface area contributed by atoms with Gasteiger partial charge in [-0.2, -0.15) is 0 Å². The molecule has 0 fully saturated rings. The Labute approximate surface area is 128 Å². The van der Waals surface area contributed by atoms with Crippen molar-refractivity contribution in [3.63, 3.8) is 0 Å². The lowest BCUT2D eigenvalue weighted by Crippen LogP contribution is -2.16. The predicted octanol–water partition coefficient (Wildman–Crippen LogP) is 3.84. The molecule has 0 saturated carbocycles. The molecule has 108 valence electrons. The lowest BCUT2D eigenvalue weighted by molar-refractivity contribution is -0.138. The van der Waals surface area contributed by atoms with Gasteiger partial charge in [-0.3, -0.25) is 0 Å². The van der Waals surface area contributed by atoms with Gasteiger partial charge in [0.25, 0.3) is 0 Å². The van der Waals surface area contributed by atoms with Gasteiger partial charge in [-0.05, 0) is 31.2 Å². The van der Waals surface area contributed by atoms with Crippen LogP contribution in [0.15, 0.2) is 82.6 Å². The minimum absolute atomic E-state index is 0.0878. The fourth-order valence-electron chi connectivity index (χ4n) is 1.88. The topological polar surface area (TPSA) is 26.3 Å². The minimum atomic E-state index is -0.320.